The van der Waals surface area contributed by atoms with Crippen molar-refractivity contribution in [3.63, 3.8) is 0 Å². The summed E-state index contributed by atoms with van der Waals surface area (Å²) >= 11 is 6.34. The number of anilines is 1. The number of carbonyl (C=O) groups excluding carboxylic acids is 1. The van der Waals surface area contributed by atoms with Crippen LogP contribution in [-0.4, -0.2) is 61.0 Å². The van der Waals surface area contributed by atoms with Crippen LogP contribution in [-0.2, 0) is 4.79 Å². The summed E-state index contributed by atoms with van der Waals surface area (Å²) in [6, 6.07) is 8.46. The van der Waals surface area contributed by atoms with E-state index in [4.69, 9.17) is 11.6 Å². The first-order valence-corrected chi connectivity index (χ1v) is 10.6. The van der Waals surface area contributed by atoms with E-state index in [-0.39, 0.29) is 0 Å². The predicted octanol–water partition coefficient (Wildman–Crippen LogP) is 3.89. The highest BCUT2D eigenvalue weighted by molar-refractivity contribution is 6.33. The van der Waals surface area contributed by atoms with Crippen molar-refractivity contribution in [2.75, 3.05) is 44.2 Å². The highest BCUT2D eigenvalue weighted by Gasteiger charge is 2.50. The fourth-order valence-corrected chi connectivity index (χ4v) is 6.14. The number of hydrogen-bond donors (Lipinski definition) is 0. The summed E-state index contributed by atoms with van der Waals surface area (Å²) in [4.78, 5) is 19.9. The van der Waals surface area contributed by atoms with Crippen molar-refractivity contribution in [2.24, 2.45) is 10.8 Å². The Morgan fingerprint density at radius 1 is 1.11 bits per heavy atom. The number of halogens is 1. The number of benzene rings is 1. The first kappa shape index (κ1) is 19.1. The van der Waals surface area contributed by atoms with Gasteiger partial charge in [-0.2, -0.15) is 0 Å². The highest BCUT2D eigenvalue weighted by Crippen LogP contribution is 2.52. The summed E-state index contributed by atoms with van der Waals surface area (Å²) in [5, 5.41) is 0.808. The number of nitrogens with zero attached hydrogens (tertiary/aromatic N) is 3. The van der Waals surface area contributed by atoms with Gasteiger partial charge in [0, 0.05) is 38.8 Å². The minimum atomic E-state index is 0.310. The van der Waals surface area contributed by atoms with Crippen LogP contribution in [0.4, 0.5) is 5.69 Å². The van der Waals surface area contributed by atoms with Gasteiger partial charge in [0.2, 0.25) is 5.91 Å². The van der Waals surface area contributed by atoms with Crippen LogP contribution in [0.3, 0.4) is 0 Å². The largest absolute Gasteiger partial charge is 0.368 e. The van der Waals surface area contributed by atoms with Gasteiger partial charge in [0.1, 0.15) is 0 Å². The topological polar surface area (TPSA) is 26.8 Å². The van der Waals surface area contributed by atoms with Crippen LogP contribution in [0.1, 0.15) is 40.0 Å². The molecule has 2 aliphatic heterocycles. The Kier molecular flexibility index (Phi) is 4.92. The molecule has 2 unspecified atom stereocenters. The molecule has 2 atom stereocenters. The first-order valence-electron chi connectivity index (χ1n) is 10.3. The fourth-order valence-electron chi connectivity index (χ4n) is 5.89. The summed E-state index contributed by atoms with van der Waals surface area (Å²) in [7, 11) is 0. The van der Waals surface area contributed by atoms with E-state index >= 15 is 0 Å². The van der Waals surface area contributed by atoms with Gasteiger partial charge < -0.3 is 9.80 Å². The molecule has 148 valence electrons. The third kappa shape index (κ3) is 3.97. The maximum Gasteiger partial charge on any atom is 0.237 e. The first-order chi connectivity index (χ1) is 12.7. The molecule has 1 saturated carbocycles. The third-order valence-electron chi connectivity index (χ3n) is 6.66. The van der Waals surface area contributed by atoms with Crippen molar-refractivity contribution < 1.29 is 4.79 Å². The van der Waals surface area contributed by atoms with Crippen LogP contribution in [0.25, 0.3) is 0 Å². The molecule has 0 spiro atoms. The van der Waals surface area contributed by atoms with E-state index < -0.39 is 0 Å². The second kappa shape index (κ2) is 6.97. The van der Waals surface area contributed by atoms with Gasteiger partial charge in [-0.3, -0.25) is 9.69 Å². The van der Waals surface area contributed by atoms with Crippen molar-refractivity contribution in [3.8, 4) is 0 Å². The summed E-state index contributed by atoms with van der Waals surface area (Å²) in [6.07, 6.45) is 3.56. The maximum atomic E-state index is 13.1. The Morgan fingerprint density at radius 3 is 2.52 bits per heavy atom. The summed E-state index contributed by atoms with van der Waals surface area (Å²) in [6.45, 7) is 12.3. The molecule has 0 aromatic heterocycles. The van der Waals surface area contributed by atoms with Crippen molar-refractivity contribution in [1.29, 1.82) is 0 Å². The second-order valence-electron chi connectivity index (χ2n) is 9.95. The lowest BCUT2D eigenvalue weighted by Crippen LogP contribution is -2.51. The molecule has 4 rings (SSSR count). The molecule has 4 nitrogen and oxygen atoms in total. The van der Waals surface area contributed by atoms with Crippen LogP contribution in [0, 0.1) is 10.8 Å². The number of carbonyl (C=O) groups is 1. The lowest BCUT2D eigenvalue weighted by molar-refractivity contribution is -0.133. The fraction of sp³-hybridized carbons (Fsp3) is 0.682. The van der Waals surface area contributed by atoms with E-state index in [1.54, 1.807) is 0 Å². The number of likely N-dealkylation sites (tertiary alicyclic amines) is 1. The van der Waals surface area contributed by atoms with Crippen molar-refractivity contribution in [2.45, 2.75) is 46.1 Å². The highest BCUT2D eigenvalue weighted by atomic mass is 35.5. The van der Waals surface area contributed by atoms with Crippen LogP contribution in [0.2, 0.25) is 5.02 Å². The monoisotopic (exact) mass is 389 g/mol. The van der Waals surface area contributed by atoms with Crippen LogP contribution in [0.5, 0.6) is 0 Å². The smallest absolute Gasteiger partial charge is 0.237 e. The number of rotatable bonds is 3. The van der Waals surface area contributed by atoms with E-state index in [1.807, 2.05) is 18.2 Å². The molecule has 2 heterocycles. The quantitative estimate of drug-likeness (QED) is 0.784. The average Bonchev–Trinajstić information content (AvgIpc) is 2.85. The Hall–Kier alpha value is -1.26. The molecule has 5 heteroatoms. The van der Waals surface area contributed by atoms with E-state index in [0.717, 1.165) is 49.9 Å². The Morgan fingerprint density at radius 2 is 1.81 bits per heavy atom. The number of fused-ring (bicyclic) bond motifs is 2. The molecule has 2 saturated heterocycles. The van der Waals surface area contributed by atoms with Gasteiger partial charge in [-0.1, -0.05) is 44.5 Å². The molecular formula is C22H32ClN3O. The summed E-state index contributed by atoms with van der Waals surface area (Å²) in [5.41, 5.74) is 1.77. The van der Waals surface area contributed by atoms with Crippen LogP contribution >= 0.6 is 11.6 Å². The molecule has 3 fully saturated rings. The van der Waals surface area contributed by atoms with Gasteiger partial charge in [0.25, 0.3) is 0 Å². The number of para-hydroxylation sites is 1. The minimum absolute atomic E-state index is 0.310. The molecular weight excluding hydrogens is 358 g/mol. The molecule has 1 amide bonds. The number of hydrogen-bond acceptors (Lipinski definition) is 3. The number of amides is 1. The third-order valence-corrected chi connectivity index (χ3v) is 6.98. The predicted molar refractivity (Wildman–Crippen MR) is 111 cm³/mol. The molecule has 1 aliphatic carbocycles. The van der Waals surface area contributed by atoms with Crippen molar-refractivity contribution in [1.82, 2.24) is 9.80 Å². The van der Waals surface area contributed by atoms with Crippen molar-refractivity contribution in [3.05, 3.63) is 29.3 Å². The zero-order chi connectivity index (χ0) is 19.2. The van der Waals surface area contributed by atoms with Gasteiger partial charge >= 0.3 is 0 Å². The Bertz CT molecular complexity index is 713. The standard InChI is InChI=1S/C22H32ClN3O/c1-21(2)12-17-13-22(3,15-21)16-26(17)20(27)14-24-8-10-25(11-9-24)19-7-5-4-6-18(19)23/h4-7,17H,8-16H2,1-3H3. The lowest BCUT2D eigenvalue weighted by Gasteiger charge is -2.39. The molecule has 2 bridgehead atoms. The molecule has 0 N–H and O–H groups in total. The lowest BCUT2D eigenvalue weighted by atomic mass is 9.65. The Labute approximate surface area is 168 Å². The second-order valence-corrected chi connectivity index (χ2v) is 10.4. The number of piperazine rings is 1. The normalized spacial score (nSPS) is 30.6. The van der Waals surface area contributed by atoms with E-state index in [1.165, 1.54) is 12.8 Å². The molecule has 1 aromatic carbocycles. The summed E-state index contributed by atoms with van der Waals surface area (Å²) < 4.78 is 0. The van der Waals surface area contributed by atoms with Gasteiger partial charge in [-0.05, 0) is 42.2 Å². The maximum absolute atomic E-state index is 13.1. The van der Waals surface area contributed by atoms with Crippen LogP contribution < -0.4 is 4.90 Å². The van der Waals surface area contributed by atoms with E-state index in [2.05, 4.69) is 41.5 Å². The zero-order valence-electron chi connectivity index (χ0n) is 16.9. The average molecular weight is 390 g/mol. The van der Waals surface area contributed by atoms with Gasteiger partial charge in [0.05, 0.1) is 17.3 Å². The summed E-state index contributed by atoms with van der Waals surface area (Å²) in [5.74, 6) is 0.326. The molecule has 3 aliphatic rings. The minimum Gasteiger partial charge on any atom is -0.368 e. The Balaban J connectivity index is 1.33. The molecule has 27 heavy (non-hydrogen) atoms. The van der Waals surface area contributed by atoms with E-state index in [0.29, 0.717) is 29.3 Å². The van der Waals surface area contributed by atoms with Crippen molar-refractivity contribution >= 4 is 23.2 Å². The zero-order valence-corrected chi connectivity index (χ0v) is 17.6. The van der Waals surface area contributed by atoms with Crippen LogP contribution in [0.15, 0.2) is 24.3 Å². The SMILES string of the molecule is CC1(C)CC2CC(C)(CN2C(=O)CN2CCN(c3ccccc3Cl)CC2)C1. The molecule has 0 radical (unpaired) electrons. The van der Waals surface area contributed by atoms with Gasteiger partial charge in [-0.15, -0.1) is 0 Å². The molecule has 1 aromatic rings. The van der Waals surface area contributed by atoms with E-state index in [9.17, 15) is 4.79 Å². The van der Waals surface area contributed by atoms with Gasteiger partial charge in [0.15, 0.2) is 0 Å². The van der Waals surface area contributed by atoms with Gasteiger partial charge in [-0.25, -0.2) is 0 Å².